The van der Waals surface area contributed by atoms with Crippen molar-refractivity contribution in [1.29, 1.82) is 0 Å². The molecule has 2 rings (SSSR count). The van der Waals surface area contributed by atoms with Gasteiger partial charge in [-0.3, -0.25) is 4.79 Å². The molecule has 0 bridgehead atoms. The predicted molar refractivity (Wildman–Crippen MR) is 69.6 cm³/mol. The first-order valence-corrected chi connectivity index (χ1v) is 5.73. The van der Waals surface area contributed by atoms with E-state index >= 15 is 0 Å². The molecular weight excluding hydrogens is 236 g/mol. The van der Waals surface area contributed by atoms with Crippen molar-refractivity contribution in [2.45, 2.75) is 19.3 Å². The summed E-state index contributed by atoms with van der Waals surface area (Å²) in [5, 5.41) is 11.7. The summed E-state index contributed by atoms with van der Waals surface area (Å²) in [6, 6.07) is 11.2. The third-order valence-electron chi connectivity index (χ3n) is 3.06. The Bertz CT molecular complexity index is 583. The quantitative estimate of drug-likeness (QED) is 0.876. The molecule has 2 aromatic carbocycles. The summed E-state index contributed by atoms with van der Waals surface area (Å²) in [5.41, 5.74) is -0.210. The Labute approximate surface area is 105 Å². The van der Waals surface area contributed by atoms with Gasteiger partial charge in [0, 0.05) is 10.4 Å². The van der Waals surface area contributed by atoms with Gasteiger partial charge in [-0.15, -0.1) is 0 Å². The van der Waals surface area contributed by atoms with Crippen LogP contribution in [0.15, 0.2) is 36.4 Å². The summed E-state index contributed by atoms with van der Waals surface area (Å²) in [4.78, 5) is 11.3. The Balaban J connectivity index is 2.83. The van der Waals surface area contributed by atoms with E-state index in [1.165, 1.54) is 0 Å². The van der Waals surface area contributed by atoms with Crippen molar-refractivity contribution >= 4 is 28.3 Å². The third kappa shape index (κ3) is 1.89. The smallest absolute Gasteiger partial charge is 0.313 e. The summed E-state index contributed by atoms with van der Waals surface area (Å²) in [5.74, 6) is -0.857. The number of rotatable bonds is 2. The maximum absolute atomic E-state index is 11.3. The van der Waals surface area contributed by atoms with Crippen LogP contribution in [-0.4, -0.2) is 11.1 Å². The molecule has 0 atom stereocenters. The topological polar surface area (TPSA) is 37.3 Å². The molecule has 0 radical (unpaired) electrons. The van der Waals surface area contributed by atoms with Crippen molar-refractivity contribution in [3.8, 4) is 0 Å². The molecule has 0 fully saturated rings. The molecule has 0 aliphatic carbocycles. The number of carboxylic acids is 1. The molecule has 0 spiro atoms. The van der Waals surface area contributed by atoms with Gasteiger partial charge in [-0.1, -0.05) is 41.9 Å². The lowest BCUT2D eigenvalue weighted by molar-refractivity contribution is -0.142. The largest absolute Gasteiger partial charge is 0.481 e. The highest BCUT2D eigenvalue weighted by Crippen LogP contribution is 2.34. The van der Waals surface area contributed by atoms with Crippen LogP contribution in [0.5, 0.6) is 0 Å². The Hall–Kier alpha value is -1.54. The molecular formula is C14H13ClO2. The molecule has 17 heavy (non-hydrogen) atoms. The van der Waals surface area contributed by atoms with Gasteiger partial charge in [0.1, 0.15) is 0 Å². The van der Waals surface area contributed by atoms with Gasteiger partial charge < -0.3 is 5.11 Å². The zero-order valence-corrected chi connectivity index (χ0v) is 10.5. The number of halogens is 1. The van der Waals surface area contributed by atoms with E-state index in [2.05, 4.69) is 0 Å². The van der Waals surface area contributed by atoms with Crippen LogP contribution in [0.4, 0.5) is 0 Å². The van der Waals surface area contributed by atoms with Gasteiger partial charge in [0.05, 0.1) is 5.41 Å². The minimum atomic E-state index is -0.954. The average Bonchev–Trinajstić information content (AvgIpc) is 2.28. The first kappa shape index (κ1) is 11.9. The molecule has 88 valence electrons. The van der Waals surface area contributed by atoms with Gasteiger partial charge in [-0.2, -0.15) is 0 Å². The van der Waals surface area contributed by atoms with Crippen LogP contribution in [0, 0.1) is 0 Å². The molecule has 0 heterocycles. The van der Waals surface area contributed by atoms with Crippen LogP contribution in [-0.2, 0) is 10.2 Å². The Morgan fingerprint density at radius 1 is 1.18 bits per heavy atom. The molecule has 0 amide bonds. The first-order chi connectivity index (χ1) is 7.94. The molecule has 0 aliphatic rings. The predicted octanol–water partition coefficient (Wildman–Crippen LogP) is 3.86. The van der Waals surface area contributed by atoms with Gasteiger partial charge in [0.25, 0.3) is 0 Å². The van der Waals surface area contributed by atoms with Crippen molar-refractivity contribution in [2.24, 2.45) is 0 Å². The molecule has 2 nitrogen and oxygen atoms in total. The number of aliphatic carboxylic acids is 1. The SMILES string of the molecule is CC(C)(C(=O)O)c1cccc2cccc(Cl)c12. The number of carbonyl (C=O) groups is 1. The second-order valence-electron chi connectivity index (χ2n) is 4.57. The van der Waals surface area contributed by atoms with E-state index in [9.17, 15) is 9.90 Å². The van der Waals surface area contributed by atoms with Crippen LogP contribution >= 0.6 is 11.6 Å². The number of fused-ring (bicyclic) bond motifs is 1. The second kappa shape index (κ2) is 4.04. The monoisotopic (exact) mass is 248 g/mol. The zero-order valence-electron chi connectivity index (χ0n) is 9.70. The number of carboxylic acid groups (broad SMARTS) is 1. The van der Waals surface area contributed by atoms with Gasteiger partial charge in [0.2, 0.25) is 0 Å². The minimum absolute atomic E-state index is 0.590. The fraction of sp³-hybridized carbons (Fsp3) is 0.214. The molecule has 0 saturated carbocycles. The molecule has 0 unspecified atom stereocenters. The number of hydrogen-bond donors (Lipinski definition) is 1. The summed E-state index contributed by atoms with van der Waals surface area (Å²) < 4.78 is 0. The zero-order chi connectivity index (χ0) is 12.6. The highest BCUT2D eigenvalue weighted by Gasteiger charge is 2.31. The van der Waals surface area contributed by atoms with Crippen LogP contribution in [0.3, 0.4) is 0 Å². The molecule has 2 aromatic rings. The molecule has 1 N–H and O–H groups in total. The normalized spacial score (nSPS) is 11.7. The maximum atomic E-state index is 11.3. The van der Waals surface area contributed by atoms with Gasteiger partial charge in [-0.25, -0.2) is 0 Å². The van der Waals surface area contributed by atoms with Crippen LogP contribution in [0.2, 0.25) is 5.02 Å². The minimum Gasteiger partial charge on any atom is -0.481 e. The van der Waals surface area contributed by atoms with E-state index in [1.807, 2.05) is 30.3 Å². The summed E-state index contributed by atoms with van der Waals surface area (Å²) in [7, 11) is 0. The fourth-order valence-corrected chi connectivity index (χ4v) is 2.21. The van der Waals surface area contributed by atoms with Crippen molar-refractivity contribution in [3.05, 3.63) is 47.0 Å². The van der Waals surface area contributed by atoms with E-state index < -0.39 is 11.4 Å². The van der Waals surface area contributed by atoms with Crippen molar-refractivity contribution in [1.82, 2.24) is 0 Å². The molecule has 0 aromatic heterocycles. The molecule has 0 aliphatic heterocycles. The lowest BCUT2D eigenvalue weighted by atomic mass is 9.82. The molecule has 0 saturated heterocycles. The summed E-state index contributed by atoms with van der Waals surface area (Å²) in [6.07, 6.45) is 0. The van der Waals surface area contributed by atoms with E-state index in [1.54, 1.807) is 19.9 Å². The van der Waals surface area contributed by atoms with E-state index in [0.717, 1.165) is 16.3 Å². The number of benzene rings is 2. The van der Waals surface area contributed by atoms with Gasteiger partial charge >= 0.3 is 5.97 Å². The molecule has 3 heteroatoms. The van der Waals surface area contributed by atoms with E-state index in [-0.39, 0.29) is 0 Å². The summed E-state index contributed by atoms with van der Waals surface area (Å²) >= 11 is 6.18. The lowest BCUT2D eigenvalue weighted by Gasteiger charge is -2.22. The van der Waals surface area contributed by atoms with E-state index in [4.69, 9.17) is 11.6 Å². The Morgan fingerprint density at radius 2 is 1.76 bits per heavy atom. The Morgan fingerprint density at radius 3 is 2.35 bits per heavy atom. The number of hydrogen-bond acceptors (Lipinski definition) is 1. The van der Waals surface area contributed by atoms with Gasteiger partial charge in [0.15, 0.2) is 0 Å². The van der Waals surface area contributed by atoms with Crippen LogP contribution in [0.25, 0.3) is 10.8 Å². The van der Waals surface area contributed by atoms with Gasteiger partial charge in [-0.05, 0) is 30.9 Å². The highest BCUT2D eigenvalue weighted by molar-refractivity contribution is 6.36. The van der Waals surface area contributed by atoms with E-state index in [0.29, 0.717) is 5.02 Å². The van der Waals surface area contributed by atoms with Crippen LogP contribution < -0.4 is 0 Å². The highest BCUT2D eigenvalue weighted by atomic mass is 35.5. The summed E-state index contributed by atoms with van der Waals surface area (Å²) in [6.45, 7) is 3.38. The third-order valence-corrected chi connectivity index (χ3v) is 3.38. The van der Waals surface area contributed by atoms with Crippen molar-refractivity contribution < 1.29 is 9.90 Å². The standard InChI is InChI=1S/C14H13ClO2/c1-14(2,13(16)17)10-7-3-5-9-6-4-8-11(15)12(9)10/h3-8H,1-2H3,(H,16,17). The Kier molecular flexibility index (Phi) is 2.84. The van der Waals surface area contributed by atoms with Crippen molar-refractivity contribution in [2.75, 3.05) is 0 Å². The fourth-order valence-electron chi connectivity index (χ4n) is 1.93. The van der Waals surface area contributed by atoms with Crippen molar-refractivity contribution in [3.63, 3.8) is 0 Å². The average molecular weight is 249 g/mol. The van der Waals surface area contributed by atoms with Crippen LogP contribution in [0.1, 0.15) is 19.4 Å². The first-order valence-electron chi connectivity index (χ1n) is 5.35. The lowest BCUT2D eigenvalue weighted by Crippen LogP contribution is -2.28. The maximum Gasteiger partial charge on any atom is 0.313 e. The second-order valence-corrected chi connectivity index (χ2v) is 4.98.